The SMILES string of the molecule is [CH3-].c1ccc(-c2nc(-c3ccccc3)nc(-c3cccc4sc5ccc(C6(c7ccc8ccccc8c7)c7ccccc7-c7ccccc76)cc5c34)n2)cc1. The molecule has 10 aromatic rings. The van der Waals surface area contributed by atoms with Gasteiger partial charge in [-0.15, -0.1) is 11.3 Å². The van der Waals surface area contributed by atoms with Gasteiger partial charge >= 0.3 is 0 Å². The van der Waals surface area contributed by atoms with Crippen LogP contribution in [0.25, 0.3) is 76.2 Å². The summed E-state index contributed by atoms with van der Waals surface area (Å²) in [6.07, 6.45) is 0. The van der Waals surface area contributed by atoms with Crippen LogP contribution in [0, 0.1) is 7.43 Å². The standard InChI is InChI=1S/C50H31N3S.CH3/c1-3-15-33(16-4-1)47-51-48(34-17-5-2-6-18-34)53-49(52-47)40-22-13-25-45-46(40)41-31-37(28-29-44(41)54-45)50(36-27-26-32-14-7-8-19-35(32)30-36)42-23-11-9-20-38(42)39-21-10-12-24-43(39)50;/h1-31H;1H3/q;-1. The molecule has 8 aromatic carbocycles. The third-order valence-electron chi connectivity index (χ3n) is 11.0. The molecule has 0 unspecified atom stereocenters. The first-order chi connectivity index (χ1) is 26.8. The molecule has 0 bridgehead atoms. The Morgan fingerprint density at radius 1 is 0.382 bits per heavy atom. The Morgan fingerprint density at radius 3 is 1.58 bits per heavy atom. The van der Waals surface area contributed by atoms with E-state index in [1.807, 2.05) is 47.7 Å². The molecule has 0 saturated heterocycles. The van der Waals surface area contributed by atoms with Crippen LogP contribution in [0.5, 0.6) is 0 Å². The minimum atomic E-state index is -0.525. The average molecular weight is 721 g/mol. The summed E-state index contributed by atoms with van der Waals surface area (Å²) in [5.41, 5.74) is 10.1. The molecule has 0 radical (unpaired) electrons. The summed E-state index contributed by atoms with van der Waals surface area (Å²) in [6, 6.07) is 67.6. The highest BCUT2D eigenvalue weighted by Crippen LogP contribution is 2.57. The molecule has 0 spiro atoms. The minimum absolute atomic E-state index is 0. The molecule has 0 saturated carbocycles. The maximum absolute atomic E-state index is 5.17. The third-order valence-corrected chi connectivity index (χ3v) is 12.1. The molecular formula is C51H34N3S-. The van der Waals surface area contributed by atoms with Crippen molar-refractivity contribution < 1.29 is 0 Å². The lowest BCUT2D eigenvalue weighted by Gasteiger charge is -2.34. The second-order valence-corrected chi connectivity index (χ2v) is 15.0. The maximum atomic E-state index is 5.17. The van der Waals surface area contributed by atoms with E-state index in [2.05, 4.69) is 152 Å². The van der Waals surface area contributed by atoms with E-state index in [0.29, 0.717) is 17.5 Å². The van der Waals surface area contributed by atoms with Gasteiger partial charge in [0.15, 0.2) is 17.5 Å². The molecule has 1 aliphatic carbocycles. The van der Waals surface area contributed by atoms with Crippen LogP contribution in [-0.4, -0.2) is 15.0 Å². The van der Waals surface area contributed by atoms with E-state index in [9.17, 15) is 0 Å². The van der Waals surface area contributed by atoms with Gasteiger partial charge in [0.05, 0.1) is 5.41 Å². The van der Waals surface area contributed by atoms with E-state index in [0.717, 1.165) is 22.1 Å². The number of fused-ring (bicyclic) bond motifs is 7. The Morgan fingerprint density at radius 2 is 0.909 bits per heavy atom. The predicted molar refractivity (Wildman–Crippen MR) is 230 cm³/mol. The highest BCUT2D eigenvalue weighted by molar-refractivity contribution is 7.25. The van der Waals surface area contributed by atoms with Gasteiger partial charge in [0.25, 0.3) is 0 Å². The normalized spacial score (nSPS) is 12.7. The maximum Gasteiger partial charge on any atom is 0.164 e. The fraction of sp³-hybridized carbons (Fsp3) is 0.0196. The quantitative estimate of drug-likeness (QED) is 0.166. The number of benzene rings is 8. The third kappa shape index (κ3) is 5.06. The first-order valence-corrected chi connectivity index (χ1v) is 19.1. The van der Waals surface area contributed by atoms with Crippen LogP contribution in [0.2, 0.25) is 0 Å². The van der Waals surface area contributed by atoms with E-state index in [1.54, 1.807) is 0 Å². The first kappa shape index (κ1) is 32.9. The highest BCUT2D eigenvalue weighted by atomic mass is 32.1. The van der Waals surface area contributed by atoms with Gasteiger partial charge in [0.1, 0.15) is 0 Å². The summed E-state index contributed by atoms with van der Waals surface area (Å²) in [5, 5.41) is 4.84. The zero-order chi connectivity index (χ0) is 35.6. The molecule has 2 heterocycles. The van der Waals surface area contributed by atoms with E-state index >= 15 is 0 Å². The molecule has 55 heavy (non-hydrogen) atoms. The predicted octanol–water partition coefficient (Wildman–Crippen LogP) is 13.2. The number of aromatic nitrogens is 3. The second-order valence-electron chi connectivity index (χ2n) is 13.9. The lowest BCUT2D eigenvalue weighted by Crippen LogP contribution is -2.28. The van der Waals surface area contributed by atoms with Crippen LogP contribution in [0.3, 0.4) is 0 Å². The van der Waals surface area contributed by atoms with Crippen LogP contribution in [0.15, 0.2) is 188 Å². The van der Waals surface area contributed by atoms with Gasteiger partial charge < -0.3 is 7.43 Å². The van der Waals surface area contributed by atoms with Crippen molar-refractivity contribution in [2.45, 2.75) is 5.41 Å². The summed E-state index contributed by atoms with van der Waals surface area (Å²) < 4.78 is 2.43. The average Bonchev–Trinajstić information content (AvgIpc) is 3.78. The lowest BCUT2D eigenvalue weighted by molar-refractivity contribution is 0.771. The lowest BCUT2D eigenvalue weighted by atomic mass is 9.67. The number of nitrogens with zero attached hydrogens (tertiary/aromatic N) is 3. The molecule has 0 atom stereocenters. The smallest absolute Gasteiger partial charge is 0.164 e. The Bertz CT molecular complexity index is 2950. The molecular weight excluding hydrogens is 687 g/mol. The molecule has 3 nitrogen and oxygen atoms in total. The molecule has 1 aliphatic rings. The van der Waals surface area contributed by atoms with Gasteiger partial charge in [0, 0.05) is 36.9 Å². The van der Waals surface area contributed by atoms with E-state index < -0.39 is 5.41 Å². The van der Waals surface area contributed by atoms with Crippen LogP contribution in [-0.2, 0) is 5.41 Å². The Labute approximate surface area is 324 Å². The molecule has 4 heteroatoms. The number of thiophene rings is 1. The largest absolute Gasteiger partial charge is 0.358 e. The molecule has 2 aromatic heterocycles. The zero-order valence-electron chi connectivity index (χ0n) is 30.1. The van der Waals surface area contributed by atoms with E-state index in [4.69, 9.17) is 15.0 Å². The van der Waals surface area contributed by atoms with Gasteiger partial charge in [-0.25, -0.2) is 15.0 Å². The van der Waals surface area contributed by atoms with Crippen LogP contribution >= 0.6 is 11.3 Å². The van der Waals surface area contributed by atoms with Crippen molar-refractivity contribution in [1.29, 1.82) is 0 Å². The molecule has 0 amide bonds. The monoisotopic (exact) mass is 720 g/mol. The van der Waals surface area contributed by atoms with Gasteiger partial charge in [-0.2, -0.15) is 0 Å². The summed E-state index contributed by atoms with van der Waals surface area (Å²) in [5.74, 6) is 1.98. The zero-order valence-corrected chi connectivity index (χ0v) is 31.0. The van der Waals surface area contributed by atoms with Gasteiger partial charge in [-0.3, -0.25) is 0 Å². The van der Waals surface area contributed by atoms with Crippen molar-refractivity contribution in [3.05, 3.63) is 218 Å². The summed E-state index contributed by atoms with van der Waals surface area (Å²) >= 11 is 1.82. The highest BCUT2D eigenvalue weighted by Gasteiger charge is 2.46. The fourth-order valence-corrected chi connectivity index (χ4v) is 9.73. The Hall–Kier alpha value is -6.75. The fourth-order valence-electron chi connectivity index (χ4n) is 8.62. The van der Waals surface area contributed by atoms with E-state index in [-0.39, 0.29) is 7.43 Å². The summed E-state index contributed by atoms with van der Waals surface area (Å²) in [7, 11) is 0. The minimum Gasteiger partial charge on any atom is -0.358 e. The Kier molecular flexibility index (Phi) is 7.76. The van der Waals surface area contributed by atoms with Crippen molar-refractivity contribution in [3.63, 3.8) is 0 Å². The van der Waals surface area contributed by atoms with Crippen LogP contribution in [0.4, 0.5) is 0 Å². The van der Waals surface area contributed by atoms with Gasteiger partial charge in [-0.1, -0.05) is 164 Å². The molecule has 0 aliphatic heterocycles. The summed E-state index contributed by atoms with van der Waals surface area (Å²) in [4.78, 5) is 15.3. The number of rotatable bonds is 5. The van der Waals surface area contributed by atoms with Crippen LogP contribution in [0.1, 0.15) is 22.3 Å². The van der Waals surface area contributed by atoms with Crippen molar-refractivity contribution in [1.82, 2.24) is 15.0 Å². The van der Waals surface area contributed by atoms with Crippen molar-refractivity contribution in [3.8, 4) is 45.3 Å². The Balaban J connectivity index is 0.00000372. The number of hydrogen-bond acceptors (Lipinski definition) is 4. The molecule has 0 N–H and O–H groups in total. The molecule has 0 fully saturated rings. The van der Waals surface area contributed by atoms with Gasteiger partial charge in [-0.05, 0) is 68.4 Å². The first-order valence-electron chi connectivity index (χ1n) is 18.3. The van der Waals surface area contributed by atoms with E-state index in [1.165, 1.54) is 58.9 Å². The van der Waals surface area contributed by atoms with Crippen molar-refractivity contribution >= 4 is 42.3 Å². The number of hydrogen-bond donors (Lipinski definition) is 0. The van der Waals surface area contributed by atoms with Gasteiger partial charge in [0.2, 0.25) is 0 Å². The molecule has 260 valence electrons. The van der Waals surface area contributed by atoms with Crippen molar-refractivity contribution in [2.24, 2.45) is 0 Å². The molecule has 11 rings (SSSR count). The second kappa shape index (κ2) is 13.0. The van der Waals surface area contributed by atoms with Crippen molar-refractivity contribution in [2.75, 3.05) is 0 Å². The van der Waals surface area contributed by atoms with Crippen LogP contribution < -0.4 is 0 Å². The summed E-state index contributed by atoms with van der Waals surface area (Å²) in [6.45, 7) is 0. The topological polar surface area (TPSA) is 38.7 Å².